The van der Waals surface area contributed by atoms with E-state index in [9.17, 15) is 0 Å². The lowest BCUT2D eigenvalue weighted by atomic mass is 9.86. The SMILES string of the molecule is CCCCc1c(-c2c(C)cccc2C)c(C)nn1-c1cc(Oc2ccc3c4ccccc4n(-c4cc(CC(C)C)ccn4)c3c2)cc(C(C)(C)C)c1. The summed E-state index contributed by atoms with van der Waals surface area (Å²) < 4.78 is 11.3. The minimum Gasteiger partial charge on any atom is -0.457 e. The number of nitrogens with zero attached hydrogens (tertiary/aromatic N) is 4. The number of rotatable bonds is 10. The summed E-state index contributed by atoms with van der Waals surface area (Å²) in [7, 11) is 0. The topological polar surface area (TPSA) is 44.9 Å². The molecule has 7 rings (SSSR count). The summed E-state index contributed by atoms with van der Waals surface area (Å²) in [5.74, 6) is 3.07. The van der Waals surface area contributed by atoms with Crippen molar-refractivity contribution >= 4 is 21.8 Å². The highest BCUT2D eigenvalue weighted by Gasteiger charge is 2.23. The lowest BCUT2D eigenvalue weighted by Crippen LogP contribution is -2.13. The van der Waals surface area contributed by atoms with Crippen molar-refractivity contribution in [1.29, 1.82) is 0 Å². The van der Waals surface area contributed by atoms with Gasteiger partial charge in [0.15, 0.2) is 0 Å². The van der Waals surface area contributed by atoms with E-state index in [1.807, 2.05) is 6.20 Å². The molecule has 0 aliphatic rings. The maximum absolute atomic E-state index is 6.85. The fourth-order valence-corrected chi connectivity index (χ4v) is 7.67. The Morgan fingerprint density at radius 1 is 0.750 bits per heavy atom. The minimum absolute atomic E-state index is 0.0988. The molecule has 0 radical (unpaired) electrons. The number of fused-ring (bicyclic) bond motifs is 3. The molecular weight excluding hydrogens is 637 g/mol. The van der Waals surface area contributed by atoms with Gasteiger partial charge in [-0.2, -0.15) is 5.10 Å². The molecule has 4 aromatic carbocycles. The first kappa shape index (κ1) is 35.3. The van der Waals surface area contributed by atoms with Crippen LogP contribution in [0.5, 0.6) is 11.5 Å². The van der Waals surface area contributed by atoms with Crippen LogP contribution in [0.25, 0.3) is 44.4 Å². The molecule has 0 aliphatic heterocycles. The van der Waals surface area contributed by atoms with Gasteiger partial charge in [-0.05, 0) is 122 Å². The quantitative estimate of drug-likeness (QED) is 0.144. The van der Waals surface area contributed by atoms with Crippen LogP contribution in [-0.4, -0.2) is 19.3 Å². The van der Waals surface area contributed by atoms with Crippen molar-refractivity contribution in [2.24, 2.45) is 5.92 Å². The van der Waals surface area contributed by atoms with Crippen LogP contribution in [0.1, 0.15) is 88.0 Å². The Hall–Kier alpha value is -5.16. The van der Waals surface area contributed by atoms with Gasteiger partial charge in [-0.3, -0.25) is 4.57 Å². The molecule has 3 aromatic heterocycles. The number of ether oxygens (including phenoxy) is 1. The Bertz CT molecular complexity index is 2380. The Morgan fingerprint density at radius 3 is 2.23 bits per heavy atom. The number of benzene rings is 4. The van der Waals surface area contributed by atoms with Gasteiger partial charge in [-0.1, -0.05) is 84.4 Å². The van der Waals surface area contributed by atoms with E-state index in [0.29, 0.717) is 5.92 Å². The molecule has 0 fully saturated rings. The summed E-state index contributed by atoms with van der Waals surface area (Å²) in [4.78, 5) is 4.87. The molecule has 0 N–H and O–H groups in total. The number of aromatic nitrogens is 4. The molecule has 0 atom stereocenters. The molecule has 5 heteroatoms. The van der Waals surface area contributed by atoms with E-state index in [-0.39, 0.29) is 5.41 Å². The lowest BCUT2D eigenvalue weighted by Gasteiger charge is -2.22. The predicted molar refractivity (Wildman–Crippen MR) is 218 cm³/mol. The second kappa shape index (κ2) is 14.1. The first-order valence-electron chi connectivity index (χ1n) is 18.9. The number of pyridine rings is 1. The summed E-state index contributed by atoms with van der Waals surface area (Å²) in [6.45, 7) is 20.1. The molecule has 0 amide bonds. The second-order valence-electron chi connectivity index (χ2n) is 15.9. The molecule has 0 aliphatic carbocycles. The van der Waals surface area contributed by atoms with Crippen molar-refractivity contribution in [3.63, 3.8) is 0 Å². The zero-order valence-electron chi connectivity index (χ0n) is 32.3. The van der Waals surface area contributed by atoms with Gasteiger partial charge in [0.1, 0.15) is 17.3 Å². The van der Waals surface area contributed by atoms with Gasteiger partial charge in [0.05, 0.1) is 28.1 Å². The highest BCUT2D eigenvalue weighted by atomic mass is 16.5. The van der Waals surface area contributed by atoms with E-state index in [1.165, 1.54) is 49.8 Å². The molecule has 3 heterocycles. The molecule has 266 valence electrons. The van der Waals surface area contributed by atoms with Crippen LogP contribution in [0.2, 0.25) is 0 Å². The van der Waals surface area contributed by atoms with E-state index in [2.05, 4.69) is 163 Å². The fourth-order valence-electron chi connectivity index (χ4n) is 7.67. The number of hydrogen-bond acceptors (Lipinski definition) is 3. The maximum Gasteiger partial charge on any atom is 0.137 e. The first-order chi connectivity index (χ1) is 24.9. The molecule has 0 saturated heterocycles. The third kappa shape index (κ3) is 6.77. The number of hydrogen-bond donors (Lipinski definition) is 0. The number of aryl methyl sites for hydroxylation is 3. The first-order valence-corrected chi connectivity index (χ1v) is 18.9. The normalized spacial score (nSPS) is 12.0. The highest BCUT2D eigenvalue weighted by molar-refractivity contribution is 6.09. The standard InChI is InChI=1S/C47H52N4O/c1-10-11-18-42-46(45-31(4)15-14-16-32(45)5)33(6)49-51(42)36-26-35(47(7,8)9)27-38(28-36)52-37-20-21-40-39-17-12-13-19-41(39)50(43(40)29-37)44-25-34(22-23-48-44)24-30(2)3/h12-17,19-23,25-30H,10-11,18,24H2,1-9H3. The average Bonchev–Trinajstić information content (AvgIpc) is 3.60. The van der Waals surface area contributed by atoms with Crippen LogP contribution in [0.4, 0.5) is 0 Å². The van der Waals surface area contributed by atoms with Crippen LogP contribution >= 0.6 is 0 Å². The number of para-hydroxylation sites is 1. The maximum atomic E-state index is 6.85. The van der Waals surface area contributed by atoms with E-state index in [4.69, 9.17) is 14.8 Å². The van der Waals surface area contributed by atoms with Crippen molar-refractivity contribution in [3.05, 3.63) is 131 Å². The Balaban J connectivity index is 1.37. The lowest BCUT2D eigenvalue weighted by molar-refractivity contribution is 0.478. The van der Waals surface area contributed by atoms with Crippen molar-refractivity contribution in [3.8, 4) is 34.1 Å². The van der Waals surface area contributed by atoms with E-state index in [1.54, 1.807) is 0 Å². The Labute approximate surface area is 309 Å². The van der Waals surface area contributed by atoms with Gasteiger partial charge in [-0.15, -0.1) is 0 Å². The minimum atomic E-state index is -0.0988. The fraction of sp³-hybridized carbons (Fsp3) is 0.319. The molecule has 7 aromatic rings. The molecule has 0 spiro atoms. The summed E-state index contributed by atoms with van der Waals surface area (Å²) in [6.07, 6.45) is 6.10. The smallest absolute Gasteiger partial charge is 0.137 e. The Morgan fingerprint density at radius 2 is 1.50 bits per heavy atom. The molecule has 0 unspecified atom stereocenters. The van der Waals surface area contributed by atoms with Crippen molar-refractivity contribution in [2.45, 2.75) is 93.4 Å². The molecule has 0 saturated carbocycles. The monoisotopic (exact) mass is 688 g/mol. The van der Waals surface area contributed by atoms with Crippen LogP contribution < -0.4 is 4.74 Å². The molecule has 0 bridgehead atoms. The van der Waals surface area contributed by atoms with Gasteiger partial charge >= 0.3 is 0 Å². The van der Waals surface area contributed by atoms with Crippen LogP contribution in [0.3, 0.4) is 0 Å². The second-order valence-corrected chi connectivity index (χ2v) is 15.9. The molecule has 52 heavy (non-hydrogen) atoms. The number of unbranched alkanes of at least 4 members (excludes halogenated alkanes) is 1. The van der Waals surface area contributed by atoms with Gasteiger partial charge in [0, 0.05) is 34.7 Å². The van der Waals surface area contributed by atoms with Gasteiger partial charge in [0.2, 0.25) is 0 Å². The average molecular weight is 689 g/mol. The molecule has 5 nitrogen and oxygen atoms in total. The van der Waals surface area contributed by atoms with Gasteiger partial charge in [-0.25, -0.2) is 9.67 Å². The zero-order chi connectivity index (χ0) is 36.7. The van der Waals surface area contributed by atoms with Crippen LogP contribution in [-0.2, 0) is 18.3 Å². The Kier molecular flexibility index (Phi) is 9.56. The van der Waals surface area contributed by atoms with Crippen molar-refractivity contribution in [1.82, 2.24) is 19.3 Å². The predicted octanol–water partition coefficient (Wildman–Crippen LogP) is 12.6. The third-order valence-electron chi connectivity index (χ3n) is 10.2. The summed E-state index contributed by atoms with van der Waals surface area (Å²) >= 11 is 0. The molecular formula is C47H52N4O. The summed E-state index contributed by atoms with van der Waals surface area (Å²) in [6, 6.07) is 32.6. The van der Waals surface area contributed by atoms with Crippen molar-refractivity contribution in [2.75, 3.05) is 0 Å². The third-order valence-corrected chi connectivity index (χ3v) is 10.2. The van der Waals surface area contributed by atoms with Crippen molar-refractivity contribution < 1.29 is 4.74 Å². The van der Waals surface area contributed by atoms with Crippen LogP contribution in [0, 0.1) is 26.7 Å². The van der Waals surface area contributed by atoms with Gasteiger partial charge in [0.25, 0.3) is 0 Å². The van der Waals surface area contributed by atoms with Crippen LogP contribution in [0.15, 0.2) is 97.2 Å². The zero-order valence-corrected chi connectivity index (χ0v) is 32.3. The highest BCUT2D eigenvalue weighted by Crippen LogP contribution is 2.39. The van der Waals surface area contributed by atoms with E-state index in [0.717, 1.165) is 65.4 Å². The van der Waals surface area contributed by atoms with Gasteiger partial charge < -0.3 is 4.74 Å². The summed E-state index contributed by atoms with van der Waals surface area (Å²) in [5, 5.41) is 7.62. The van der Waals surface area contributed by atoms with E-state index < -0.39 is 0 Å². The summed E-state index contributed by atoms with van der Waals surface area (Å²) in [5.41, 5.74) is 13.0. The van der Waals surface area contributed by atoms with E-state index >= 15 is 0 Å². The largest absolute Gasteiger partial charge is 0.457 e.